The minimum Gasteiger partial charge on any atom is -0.493 e. The van der Waals surface area contributed by atoms with E-state index in [9.17, 15) is 4.79 Å². The zero-order chi connectivity index (χ0) is 16.4. The van der Waals surface area contributed by atoms with Gasteiger partial charge in [0.25, 0.3) is 5.91 Å². The average molecular weight is 316 g/mol. The first-order chi connectivity index (χ1) is 11.1. The van der Waals surface area contributed by atoms with Crippen LogP contribution in [0.2, 0.25) is 0 Å². The summed E-state index contributed by atoms with van der Waals surface area (Å²) in [5.74, 6) is 1.72. The third-order valence-electron chi connectivity index (χ3n) is 3.86. The molecule has 1 aromatic heterocycles. The predicted octanol–water partition coefficient (Wildman–Crippen LogP) is 1.61. The Hall–Kier alpha value is -2.70. The fourth-order valence-electron chi connectivity index (χ4n) is 2.40. The van der Waals surface area contributed by atoms with Crippen molar-refractivity contribution in [3.63, 3.8) is 0 Å². The molecule has 7 nitrogen and oxygen atoms in total. The summed E-state index contributed by atoms with van der Waals surface area (Å²) in [6.07, 6.45) is 5.61. The number of amides is 1. The number of methoxy groups -OCH3 is 2. The van der Waals surface area contributed by atoms with Gasteiger partial charge in [0.2, 0.25) is 0 Å². The summed E-state index contributed by atoms with van der Waals surface area (Å²) in [7, 11) is 3.06. The van der Waals surface area contributed by atoms with Gasteiger partial charge in [-0.25, -0.2) is 4.98 Å². The van der Waals surface area contributed by atoms with Crippen LogP contribution in [-0.4, -0.2) is 36.2 Å². The van der Waals surface area contributed by atoms with Crippen LogP contribution in [0.15, 0.2) is 24.7 Å². The first-order valence-corrected chi connectivity index (χ1v) is 7.46. The summed E-state index contributed by atoms with van der Waals surface area (Å²) in [6, 6.07) is 3.52. The van der Waals surface area contributed by atoms with Crippen LogP contribution >= 0.6 is 0 Å². The van der Waals surface area contributed by atoms with Crippen LogP contribution < -0.4 is 20.5 Å². The van der Waals surface area contributed by atoms with E-state index >= 15 is 0 Å². The molecule has 0 bridgehead atoms. The summed E-state index contributed by atoms with van der Waals surface area (Å²) in [4.78, 5) is 16.5. The van der Waals surface area contributed by atoms with Gasteiger partial charge < -0.3 is 25.1 Å². The minimum atomic E-state index is -0.179. The summed E-state index contributed by atoms with van der Waals surface area (Å²) in [6.45, 7) is 0.687. The van der Waals surface area contributed by atoms with Gasteiger partial charge in [-0.05, 0) is 24.8 Å². The molecule has 122 valence electrons. The normalized spacial score (nSPS) is 13.7. The highest BCUT2D eigenvalue weighted by Crippen LogP contribution is 2.34. The van der Waals surface area contributed by atoms with E-state index in [4.69, 9.17) is 15.2 Å². The lowest BCUT2D eigenvalue weighted by atomic mass is 10.1. The van der Waals surface area contributed by atoms with Gasteiger partial charge in [0.05, 0.1) is 31.7 Å². The lowest BCUT2D eigenvalue weighted by molar-refractivity contribution is 0.0948. The number of hydrogen-bond acceptors (Lipinski definition) is 5. The van der Waals surface area contributed by atoms with Crippen molar-refractivity contribution in [3.05, 3.63) is 30.2 Å². The first-order valence-electron chi connectivity index (χ1n) is 7.46. The van der Waals surface area contributed by atoms with E-state index in [1.54, 1.807) is 29.2 Å². The number of nitrogens with one attached hydrogen (secondary N) is 1. The number of rotatable bonds is 6. The highest BCUT2D eigenvalue weighted by molar-refractivity contribution is 5.98. The molecule has 1 heterocycles. The summed E-state index contributed by atoms with van der Waals surface area (Å²) in [5, 5.41) is 2.95. The van der Waals surface area contributed by atoms with Crippen molar-refractivity contribution in [2.24, 2.45) is 5.92 Å². The Labute approximate surface area is 134 Å². The zero-order valence-corrected chi connectivity index (χ0v) is 13.2. The number of nitrogens with two attached hydrogens (primary N) is 1. The highest BCUT2D eigenvalue weighted by atomic mass is 16.5. The monoisotopic (exact) mass is 316 g/mol. The number of nitrogen functional groups attached to an aromatic ring is 1. The second-order valence-electron chi connectivity index (χ2n) is 5.59. The molecule has 7 heteroatoms. The first kappa shape index (κ1) is 15.2. The Morgan fingerprint density at radius 1 is 1.39 bits per heavy atom. The van der Waals surface area contributed by atoms with Crippen LogP contribution in [0.1, 0.15) is 23.2 Å². The molecule has 1 aliphatic carbocycles. The minimum absolute atomic E-state index is 0.179. The molecule has 0 radical (unpaired) electrons. The second kappa shape index (κ2) is 6.20. The fourth-order valence-corrected chi connectivity index (χ4v) is 2.40. The molecule has 0 saturated heterocycles. The van der Waals surface area contributed by atoms with Crippen LogP contribution in [0.5, 0.6) is 11.5 Å². The number of hydrogen-bond donors (Lipinski definition) is 2. The topological polar surface area (TPSA) is 91.4 Å². The van der Waals surface area contributed by atoms with Crippen LogP contribution in [0.25, 0.3) is 5.69 Å². The van der Waals surface area contributed by atoms with Crippen molar-refractivity contribution in [1.82, 2.24) is 14.9 Å². The number of ether oxygens (including phenoxy) is 2. The predicted molar refractivity (Wildman–Crippen MR) is 86.1 cm³/mol. The van der Waals surface area contributed by atoms with Gasteiger partial charge in [-0.1, -0.05) is 0 Å². The number of nitrogens with zero attached hydrogens (tertiary/aromatic N) is 2. The molecule has 2 aromatic rings. The number of carbonyl (C=O) groups is 1. The quantitative estimate of drug-likeness (QED) is 0.845. The Bertz CT molecular complexity index is 722. The number of aromatic nitrogens is 2. The van der Waals surface area contributed by atoms with Gasteiger partial charge in [-0.3, -0.25) is 4.79 Å². The van der Waals surface area contributed by atoms with Crippen molar-refractivity contribution in [2.45, 2.75) is 12.8 Å². The smallest absolute Gasteiger partial charge is 0.255 e. The van der Waals surface area contributed by atoms with Crippen LogP contribution in [-0.2, 0) is 0 Å². The molecule has 3 rings (SSSR count). The molecule has 0 aliphatic heterocycles. The molecule has 1 aliphatic rings. The number of carbonyl (C=O) groups excluding carboxylic acids is 1. The Morgan fingerprint density at radius 3 is 2.74 bits per heavy atom. The summed E-state index contributed by atoms with van der Waals surface area (Å²) >= 11 is 0. The number of imidazole rings is 1. The van der Waals surface area contributed by atoms with Crippen molar-refractivity contribution in [1.29, 1.82) is 0 Å². The SMILES string of the molecule is COc1cc(-n2cnc(N)c2)cc(C(=O)NCC2CC2)c1OC. The van der Waals surface area contributed by atoms with Gasteiger partial charge >= 0.3 is 0 Å². The molecule has 1 saturated carbocycles. The fraction of sp³-hybridized carbons (Fsp3) is 0.375. The van der Waals surface area contributed by atoms with Crippen molar-refractivity contribution >= 4 is 11.7 Å². The van der Waals surface area contributed by atoms with E-state index in [0.717, 1.165) is 5.69 Å². The van der Waals surface area contributed by atoms with Gasteiger partial charge in [0.1, 0.15) is 12.1 Å². The summed E-state index contributed by atoms with van der Waals surface area (Å²) < 4.78 is 12.5. The van der Waals surface area contributed by atoms with Crippen molar-refractivity contribution in [2.75, 3.05) is 26.5 Å². The maximum atomic E-state index is 12.5. The standard InChI is InChI=1S/C16H20N4O3/c1-22-13-6-11(20-8-14(17)19-9-20)5-12(15(13)23-2)16(21)18-7-10-3-4-10/h5-6,8-10H,3-4,7,17H2,1-2H3,(H,18,21). The van der Waals surface area contributed by atoms with Crippen molar-refractivity contribution in [3.8, 4) is 17.2 Å². The van der Waals surface area contributed by atoms with Gasteiger partial charge in [-0.2, -0.15) is 0 Å². The molecule has 1 fully saturated rings. The van der Waals surface area contributed by atoms with E-state index in [-0.39, 0.29) is 5.91 Å². The Kier molecular flexibility index (Phi) is 4.10. The zero-order valence-electron chi connectivity index (χ0n) is 13.2. The van der Waals surface area contributed by atoms with Gasteiger partial charge in [0.15, 0.2) is 11.5 Å². The van der Waals surface area contributed by atoms with E-state index in [1.165, 1.54) is 27.1 Å². The molecule has 1 amide bonds. The van der Waals surface area contributed by atoms with E-state index in [1.807, 2.05) is 0 Å². The Balaban J connectivity index is 1.98. The second-order valence-corrected chi connectivity index (χ2v) is 5.59. The highest BCUT2D eigenvalue weighted by Gasteiger charge is 2.24. The Morgan fingerprint density at radius 2 is 2.17 bits per heavy atom. The molecule has 0 atom stereocenters. The van der Waals surface area contributed by atoms with Crippen molar-refractivity contribution < 1.29 is 14.3 Å². The van der Waals surface area contributed by atoms with Gasteiger partial charge in [0, 0.05) is 12.6 Å². The molecular formula is C16H20N4O3. The van der Waals surface area contributed by atoms with Crippen LogP contribution in [0, 0.1) is 5.92 Å². The molecule has 3 N–H and O–H groups in total. The van der Waals surface area contributed by atoms with E-state index in [2.05, 4.69) is 10.3 Å². The third kappa shape index (κ3) is 3.23. The van der Waals surface area contributed by atoms with Crippen LogP contribution in [0.4, 0.5) is 5.82 Å². The van der Waals surface area contributed by atoms with Gasteiger partial charge in [-0.15, -0.1) is 0 Å². The third-order valence-corrected chi connectivity index (χ3v) is 3.86. The van der Waals surface area contributed by atoms with Crippen LogP contribution in [0.3, 0.4) is 0 Å². The number of anilines is 1. The molecule has 0 spiro atoms. The number of benzene rings is 1. The molecule has 0 unspecified atom stereocenters. The molecule has 23 heavy (non-hydrogen) atoms. The lowest BCUT2D eigenvalue weighted by Gasteiger charge is -2.15. The maximum absolute atomic E-state index is 12.5. The van der Waals surface area contributed by atoms with E-state index in [0.29, 0.717) is 35.3 Å². The maximum Gasteiger partial charge on any atom is 0.255 e. The molecular weight excluding hydrogens is 296 g/mol. The van der Waals surface area contributed by atoms with E-state index < -0.39 is 0 Å². The largest absolute Gasteiger partial charge is 0.493 e. The lowest BCUT2D eigenvalue weighted by Crippen LogP contribution is -2.26. The molecule has 1 aromatic carbocycles. The summed E-state index contributed by atoms with van der Waals surface area (Å²) in [5.41, 5.74) is 6.81. The average Bonchev–Trinajstić information content (AvgIpc) is 3.30.